The topological polar surface area (TPSA) is 39.9 Å². The molecule has 0 bridgehead atoms. The van der Waals surface area contributed by atoms with Crippen LogP contribution in [0.25, 0.3) is 11.4 Å². The van der Waals surface area contributed by atoms with Crippen LogP contribution in [0.3, 0.4) is 0 Å². The zero-order chi connectivity index (χ0) is 12.3. The summed E-state index contributed by atoms with van der Waals surface area (Å²) in [6.07, 6.45) is 1.52. The van der Waals surface area contributed by atoms with Crippen LogP contribution in [0.1, 0.15) is 5.56 Å². The zero-order valence-electron chi connectivity index (χ0n) is 9.85. The Kier molecular flexibility index (Phi) is 3.37. The van der Waals surface area contributed by atoms with Crippen LogP contribution in [0.4, 0.5) is 4.39 Å². The number of nitrogens with zero attached hydrogens (tertiary/aromatic N) is 3. The Hall–Kier alpha value is -1.91. The van der Waals surface area contributed by atoms with Crippen LogP contribution in [0.5, 0.6) is 5.75 Å². The second-order valence-corrected chi connectivity index (χ2v) is 3.68. The lowest BCUT2D eigenvalue weighted by Gasteiger charge is -2.08. The zero-order valence-corrected chi connectivity index (χ0v) is 9.85. The van der Waals surface area contributed by atoms with Gasteiger partial charge in [-0.05, 0) is 18.6 Å². The largest absolute Gasteiger partial charge is 0.496 e. The van der Waals surface area contributed by atoms with Crippen molar-refractivity contribution in [3.63, 3.8) is 0 Å². The molecule has 4 nitrogen and oxygen atoms in total. The fraction of sp³-hybridized carbons (Fsp3) is 0.333. The maximum atomic E-state index is 12.2. The van der Waals surface area contributed by atoms with E-state index in [0.29, 0.717) is 5.82 Å². The third-order valence-corrected chi connectivity index (χ3v) is 2.51. The standard InChI is InChI=1S/C12H14FN3O/c1-9-4-3-5-10(11(9)17-2)12-14-8-16(15-12)7-6-13/h3-5,8H,6-7H2,1-2H3. The van der Waals surface area contributed by atoms with Crippen LogP contribution < -0.4 is 4.74 Å². The maximum absolute atomic E-state index is 12.2. The highest BCUT2D eigenvalue weighted by Gasteiger charge is 2.11. The Labute approximate surface area is 99.1 Å². The molecule has 0 saturated carbocycles. The lowest BCUT2D eigenvalue weighted by atomic mass is 10.1. The van der Waals surface area contributed by atoms with Gasteiger partial charge in [-0.15, -0.1) is 0 Å². The van der Waals surface area contributed by atoms with Gasteiger partial charge in [0.2, 0.25) is 0 Å². The van der Waals surface area contributed by atoms with E-state index in [4.69, 9.17) is 4.74 Å². The lowest BCUT2D eigenvalue weighted by Crippen LogP contribution is -2.00. The summed E-state index contributed by atoms with van der Waals surface area (Å²) >= 11 is 0. The van der Waals surface area contributed by atoms with Crippen LogP contribution in [0, 0.1) is 6.92 Å². The van der Waals surface area contributed by atoms with Crippen molar-refractivity contribution in [2.45, 2.75) is 13.5 Å². The summed E-state index contributed by atoms with van der Waals surface area (Å²) in [4.78, 5) is 4.16. The molecule has 0 aliphatic carbocycles. The molecule has 0 unspecified atom stereocenters. The van der Waals surface area contributed by atoms with Gasteiger partial charge in [0, 0.05) is 0 Å². The van der Waals surface area contributed by atoms with E-state index in [1.54, 1.807) is 7.11 Å². The number of ether oxygens (including phenoxy) is 1. The molecule has 0 atom stereocenters. The van der Waals surface area contributed by atoms with Crippen molar-refractivity contribution in [2.75, 3.05) is 13.8 Å². The Morgan fingerprint density at radius 3 is 2.94 bits per heavy atom. The smallest absolute Gasteiger partial charge is 0.184 e. The van der Waals surface area contributed by atoms with E-state index in [-0.39, 0.29) is 6.54 Å². The van der Waals surface area contributed by atoms with Crippen LogP contribution in [-0.2, 0) is 6.54 Å². The highest BCUT2D eigenvalue weighted by atomic mass is 19.1. The number of hydrogen-bond acceptors (Lipinski definition) is 3. The SMILES string of the molecule is COc1c(C)cccc1-c1ncn(CCF)n1. The number of aromatic nitrogens is 3. The van der Waals surface area contributed by atoms with Gasteiger partial charge in [-0.2, -0.15) is 5.10 Å². The average Bonchev–Trinajstić information content (AvgIpc) is 2.78. The van der Waals surface area contributed by atoms with Crippen molar-refractivity contribution in [1.29, 1.82) is 0 Å². The molecule has 1 heterocycles. The number of hydrogen-bond donors (Lipinski definition) is 0. The molecule has 0 saturated heterocycles. The number of methoxy groups -OCH3 is 1. The summed E-state index contributed by atoms with van der Waals surface area (Å²) in [5.74, 6) is 1.31. The maximum Gasteiger partial charge on any atom is 0.184 e. The molecule has 2 rings (SSSR count). The van der Waals surface area contributed by atoms with Crippen molar-refractivity contribution in [1.82, 2.24) is 14.8 Å². The minimum Gasteiger partial charge on any atom is -0.496 e. The number of benzene rings is 1. The van der Waals surface area contributed by atoms with E-state index in [1.165, 1.54) is 11.0 Å². The Bertz CT molecular complexity index is 510. The predicted octanol–water partition coefficient (Wildman–Crippen LogP) is 2.23. The van der Waals surface area contributed by atoms with Gasteiger partial charge >= 0.3 is 0 Å². The van der Waals surface area contributed by atoms with E-state index >= 15 is 0 Å². The number of alkyl halides is 1. The van der Waals surface area contributed by atoms with Gasteiger partial charge in [0.05, 0.1) is 19.2 Å². The third-order valence-electron chi connectivity index (χ3n) is 2.51. The normalized spacial score (nSPS) is 10.5. The molecular weight excluding hydrogens is 221 g/mol. The van der Waals surface area contributed by atoms with Gasteiger partial charge in [0.15, 0.2) is 5.82 Å². The fourth-order valence-corrected chi connectivity index (χ4v) is 1.71. The molecule has 1 aromatic heterocycles. The van der Waals surface area contributed by atoms with E-state index in [2.05, 4.69) is 10.1 Å². The first-order valence-corrected chi connectivity index (χ1v) is 5.35. The molecule has 0 N–H and O–H groups in total. The van der Waals surface area contributed by atoms with E-state index < -0.39 is 6.67 Å². The highest BCUT2D eigenvalue weighted by Crippen LogP contribution is 2.30. The number of aryl methyl sites for hydroxylation is 2. The van der Waals surface area contributed by atoms with Crippen LogP contribution in [0.15, 0.2) is 24.5 Å². The fourth-order valence-electron chi connectivity index (χ4n) is 1.71. The highest BCUT2D eigenvalue weighted by molar-refractivity contribution is 5.65. The van der Waals surface area contributed by atoms with Gasteiger partial charge in [0.1, 0.15) is 18.8 Å². The third kappa shape index (κ3) is 2.27. The summed E-state index contributed by atoms with van der Waals surface area (Å²) in [6.45, 7) is 1.73. The van der Waals surface area contributed by atoms with Gasteiger partial charge in [0.25, 0.3) is 0 Å². The molecule has 5 heteroatoms. The molecule has 0 aliphatic heterocycles. The molecule has 0 amide bonds. The van der Waals surface area contributed by atoms with E-state index in [0.717, 1.165) is 16.9 Å². The molecule has 0 fully saturated rings. The van der Waals surface area contributed by atoms with Gasteiger partial charge in [-0.1, -0.05) is 12.1 Å². The summed E-state index contributed by atoms with van der Waals surface area (Å²) in [5.41, 5.74) is 1.84. The molecule has 2 aromatic rings. The molecule has 0 radical (unpaired) electrons. The van der Waals surface area contributed by atoms with Crippen molar-refractivity contribution in [3.05, 3.63) is 30.1 Å². The molecule has 0 aliphatic rings. The Morgan fingerprint density at radius 1 is 1.41 bits per heavy atom. The van der Waals surface area contributed by atoms with Gasteiger partial charge in [-0.25, -0.2) is 14.1 Å². The summed E-state index contributed by atoms with van der Waals surface area (Å²) in [5, 5.41) is 4.21. The monoisotopic (exact) mass is 235 g/mol. The predicted molar refractivity (Wildman–Crippen MR) is 62.7 cm³/mol. The molecule has 0 spiro atoms. The quantitative estimate of drug-likeness (QED) is 0.815. The number of para-hydroxylation sites is 1. The summed E-state index contributed by atoms with van der Waals surface area (Å²) in [7, 11) is 1.62. The summed E-state index contributed by atoms with van der Waals surface area (Å²) in [6, 6.07) is 5.77. The van der Waals surface area contributed by atoms with Crippen molar-refractivity contribution < 1.29 is 9.13 Å². The lowest BCUT2D eigenvalue weighted by molar-refractivity contribution is 0.412. The number of halogens is 1. The molecule has 90 valence electrons. The molecule has 1 aromatic carbocycles. The van der Waals surface area contributed by atoms with Crippen LogP contribution in [-0.4, -0.2) is 28.5 Å². The first kappa shape index (κ1) is 11.6. The van der Waals surface area contributed by atoms with Crippen molar-refractivity contribution >= 4 is 0 Å². The first-order valence-electron chi connectivity index (χ1n) is 5.35. The molecular formula is C12H14FN3O. The number of rotatable bonds is 4. The average molecular weight is 235 g/mol. The summed E-state index contributed by atoms with van der Waals surface area (Å²) < 4.78 is 19.0. The second-order valence-electron chi connectivity index (χ2n) is 3.68. The van der Waals surface area contributed by atoms with Crippen LogP contribution >= 0.6 is 0 Å². The van der Waals surface area contributed by atoms with Gasteiger partial charge < -0.3 is 4.74 Å². The minimum atomic E-state index is -0.451. The van der Waals surface area contributed by atoms with Crippen molar-refractivity contribution in [2.24, 2.45) is 0 Å². The van der Waals surface area contributed by atoms with E-state index in [1.807, 2.05) is 25.1 Å². The van der Waals surface area contributed by atoms with Gasteiger partial charge in [-0.3, -0.25) is 0 Å². The second kappa shape index (κ2) is 4.95. The first-order chi connectivity index (χ1) is 8.26. The Balaban J connectivity index is 2.41. The van der Waals surface area contributed by atoms with Crippen LogP contribution in [0.2, 0.25) is 0 Å². The molecule has 17 heavy (non-hydrogen) atoms. The van der Waals surface area contributed by atoms with E-state index in [9.17, 15) is 4.39 Å². The minimum absolute atomic E-state index is 0.223. The Morgan fingerprint density at radius 2 is 2.24 bits per heavy atom. The van der Waals surface area contributed by atoms with Crippen molar-refractivity contribution in [3.8, 4) is 17.1 Å².